The molecule has 0 amide bonds. The van der Waals surface area contributed by atoms with E-state index in [2.05, 4.69) is 47.3 Å². The van der Waals surface area contributed by atoms with Gasteiger partial charge in [-0.25, -0.2) is 0 Å². The van der Waals surface area contributed by atoms with Gasteiger partial charge in [-0.1, -0.05) is 60.1 Å². The standard InChI is InChI=1S/C25H21ClN2O2/c1-28-13-20(15-6-3-2-4-7-15)17-8-5-9-18(21(17)14-28)23-24(29)19-11-10-16(26)12-22(19)27-25(23)30/h2-12,20H,13-14H2,1H3,(H2,27,29,30)/t20-/m1/s1. The van der Waals surface area contributed by atoms with Crippen molar-refractivity contribution < 1.29 is 5.11 Å². The highest BCUT2D eigenvalue weighted by molar-refractivity contribution is 6.31. The van der Waals surface area contributed by atoms with E-state index in [0.717, 1.165) is 17.7 Å². The third-order valence-corrected chi connectivity index (χ3v) is 6.17. The van der Waals surface area contributed by atoms with E-state index in [0.29, 0.717) is 28.0 Å². The first-order valence-electron chi connectivity index (χ1n) is 9.93. The van der Waals surface area contributed by atoms with E-state index in [1.807, 2.05) is 18.2 Å². The molecule has 5 heteroatoms. The molecule has 1 aromatic heterocycles. The number of pyridine rings is 1. The van der Waals surface area contributed by atoms with Crippen molar-refractivity contribution in [2.75, 3.05) is 13.6 Å². The number of aromatic hydroxyl groups is 1. The lowest BCUT2D eigenvalue weighted by Crippen LogP contribution is -2.31. The molecule has 4 nitrogen and oxygen atoms in total. The summed E-state index contributed by atoms with van der Waals surface area (Å²) in [5.74, 6) is 0.198. The summed E-state index contributed by atoms with van der Waals surface area (Å²) in [6, 6.07) is 21.5. The molecule has 0 saturated heterocycles. The number of fused-ring (bicyclic) bond motifs is 2. The molecule has 1 atom stereocenters. The highest BCUT2D eigenvalue weighted by Crippen LogP contribution is 2.40. The zero-order valence-corrected chi connectivity index (χ0v) is 17.3. The van der Waals surface area contributed by atoms with Gasteiger partial charge in [0.15, 0.2) is 0 Å². The van der Waals surface area contributed by atoms with Crippen LogP contribution in [0.2, 0.25) is 5.02 Å². The molecule has 4 aromatic rings. The van der Waals surface area contributed by atoms with E-state index in [9.17, 15) is 9.90 Å². The SMILES string of the molecule is CN1Cc2c(-c3c(O)c4ccc(Cl)cc4[nH]c3=O)cccc2[C@@H](c2ccccc2)C1. The van der Waals surface area contributed by atoms with Crippen molar-refractivity contribution in [3.8, 4) is 16.9 Å². The number of H-pyrrole nitrogens is 1. The van der Waals surface area contributed by atoms with E-state index >= 15 is 0 Å². The second kappa shape index (κ2) is 7.31. The Hall–Kier alpha value is -3.08. The minimum Gasteiger partial charge on any atom is -0.506 e. The molecule has 0 radical (unpaired) electrons. The van der Waals surface area contributed by atoms with E-state index in [1.54, 1.807) is 18.2 Å². The maximum absolute atomic E-state index is 13.0. The minimum atomic E-state index is -0.319. The van der Waals surface area contributed by atoms with Crippen molar-refractivity contribution in [3.63, 3.8) is 0 Å². The predicted molar refractivity (Wildman–Crippen MR) is 121 cm³/mol. The van der Waals surface area contributed by atoms with Gasteiger partial charge < -0.3 is 15.0 Å². The number of likely N-dealkylation sites (N-methyl/N-ethyl adjacent to an activating group) is 1. The van der Waals surface area contributed by atoms with Crippen molar-refractivity contribution in [3.05, 3.63) is 98.8 Å². The van der Waals surface area contributed by atoms with Crippen LogP contribution >= 0.6 is 11.6 Å². The molecule has 30 heavy (non-hydrogen) atoms. The van der Waals surface area contributed by atoms with Gasteiger partial charge in [-0.3, -0.25) is 4.79 Å². The molecule has 0 fully saturated rings. The summed E-state index contributed by atoms with van der Waals surface area (Å²) in [6.45, 7) is 1.62. The van der Waals surface area contributed by atoms with Gasteiger partial charge >= 0.3 is 0 Å². The van der Waals surface area contributed by atoms with Crippen molar-refractivity contribution in [1.29, 1.82) is 0 Å². The molecule has 0 unspecified atom stereocenters. The van der Waals surface area contributed by atoms with Crippen molar-refractivity contribution in [2.45, 2.75) is 12.5 Å². The van der Waals surface area contributed by atoms with E-state index < -0.39 is 0 Å². The molecule has 2 heterocycles. The van der Waals surface area contributed by atoms with Gasteiger partial charge in [0.1, 0.15) is 5.75 Å². The minimum absolute atomic E-state index is 0.0108. The number of rotatable bonds is 2. The van der Waals surface area contributed by atoms with E-state index in [-0.39, 0.29) is 17.2 Å². The second-order valence-electron chi connectivity index (χ2n) is 7.90. The number of hydrogen-bond donors (Lipinski definition) is 2. The summed E-state index contributed by atoms with van der Waals surface area (Å²) in [5.41, 5.74) is 4.81. The number of benzene rings is 3. The van der Waals surface area contributed by atoms with E-state index in [4.69, 9.17) is 11.6 Å². The van der Waals surface area contributed by atoms with Crippen molar-refractivity contribution in [2.24, 2.45) is 0 Å². The fourth-order valence-electron chi connectivity index (χ4n) is 4.56. The topological polar surface area (TPSA) is 56.3 Å². The molecule has 0 aliphatic carbocycles. The first kappa shape index (κ1) is 18.9. The molecule has 1 aliphatic rings. The number of aromatic amines is 1. The van der Waals surface area contributed by atoms with Crippen LogP contribution in [0.15, 0.2) is 71.5 Å². The third-order valence-electron chi connectivity index (χ3n) is 5.93. The Labute approximate surface area is 179 Å². The van der Waals surface area contributed by atoms with Crippen LogP contribution in [-0.2, 0) is 6.54 Å². The Morgan fingerprint density at radius 1 is 1.07 bits per heavy atom. The van der Waals surface area contributed by atoms with Crippen LogP contribution in [0, 0.1) is 0 Å². The van der Waals surface area contributed by atoms with Crippen LogP contribution < -0.4 is 5.56 Å². The number of halogens is 1. The molecular formula is C25H21ClN2O2. The van der Waals surface area contributed by atoms with Crippen LogP contribution in [0.4, 0.5) is 0 Å². The van der Waals surface area contributed by atoms with Gasteiger partial charge in [-0.2, -0.15) is 0 Å². The smallest absolute Gasteiger partial charge is 0.260 e. The average molecular weight is 417 g/mol. The molecule has 0 saturated carbocycles. The van der Waals surface area contributed by atoms with Crippen LogP contribution in [0.5, 0.6) is 5.75 Å². The summed E-state index contributed by atoms with van der Waals surface area (Å²) >= 11 is 6.06. The molecule has 1 aliphatic heterocycles. The maximum Gasteiger partial charge on any atom is 0.260 e. The summed E-state index contributed by atoms with van der Waals surface area (Å²) in [4.78, 5) is 18.2. The highest BCUT2D eigenvalue weighted by atomic mass is 35.5. The lowest BCUT2D eigenvalue weighted by atomic mass is 9.81. The summed E-state index contributed by atoms with van der Waals surface area (Å²) < 4.78 is 0. The first-order valence-corrected chi connectivity index (χ1v) is 10.3. The number of hydrogen-bond acceptors (Lipinski definition) is 3. The fourth-order valence-corrected chi connectivity index (χ4v) is 4.73. The zero-order valence-electron chi connectivity index (χ0n) is 16.5. The van der Waals surface area contributed by atoms with Crippen LogP contribution in [-0.4, -0.2) is 28.6 Å². The predicted octanol–water partition coefficient (Wildman–Crippen LogP) is 5.13. The normalized spacial score (nSPS) is 16.5. The second-order valence-corrected chi connectivity index (χ2v) is 8.34. The number of nitrogens with zero attached hydrogens (tertiary/aromatic N) is 1. The lowest BCUT2D eigenvalue weighted by Gasteiger charge is -2.34. The zero-order chi connectivity index (χ0) is 20.8. The summed E-state index contributed by atoms with van der Waals surface area (Å²) in [6.07, 6.45) is 0. The largest absolute Gasteiger partial charge is 0.506 e. The Kier molecular flexibility index (Phi) is 4.61. The average Bonchev–Trinajstić information content (AvgIpc) is 2.74. The van der Waals surface area contributed by atoms with Gasteiger partial charge in [0.05, 0.1) is 11.1 Å². The van der Waals surface area contributed by atoms with Crippen LogP contribution in [0.25, 0.3) is 22.0 Å². The Bertz CT molecular complexity index is 1310. The first-order chi connectivity index (χ1) is 14.5. The molecule has 3 aromatic carbocycles. The maximum atomic E-state index is 13.0. The van der Waals surface area contributed by atoms with Gasteiger partial charge in [0, 0.05) is 29.4 Å². The van der Waals surface area contributed by atoms with Crippen LogP contribution in [0.3, 0.4) is 0 Å². The van der Waals surface area contributed by atoms with Crippen molar-refractivity contribution in [1.82, 2.24) is 9.88 Å². The molecule has 2 N–H and O–H groups in total. The lowest BCUT2D eigenvalue weighted by molar-refractivity contribution is 0.295. The Morgan fingerprint density at radius 3 is 2.67 bits per heavy atom. The Balaban J connectivity index is 1.75. The van der Waals surface area contributed by atoms with E-state index in [1.165, 1.54) is 11.1 Å². The Morgan fingerprint density at radius 2 is 1.87 bits per heavy atom. The summed E-state index contributed by atoms with van der Waals surface area (Å²) in [7, 11) is 2.09. The van der Waals surface area contributed by atoms with Gasteiger partial charge in [0.25, 0.3) is 5.56 Å². The third kappa shape index (κ3) is 3.09. The monoisotopic (exact) mass is 416 g/mol. The quantitative estimate of drug-likeness (QED) is 0.476. The van der Waals surface area contributed by atoms with Gasteiger partial charge in [0.2, 0.25) is 0 Å². The fraction of sp³-hybridized carbons (Fsp3) is 0.160. The molecule has 150 valence electrons. The highest BCUT2D eigenvalue weighted by Gasteiger charge is 2.28. The molecule has 5 rings (SSSR count). The van der Waals surface area contributed by atoms with Gasteiger partial charge in [-0.05, 0) is 47.5 Å². The van der Waals surface area contributed by atoms with Crippen LogP contribution in [0.1, 0.15) is 22.6 Å². The van der Waals surface area contributed by atoms with Crippen molar-refractivity contribution >= 4 is 22.5 Å². The number of aromatic nitrogens is 1. The summed E-state index contributed by atoms with van der Waals surface area (Å²) in [5, 5.41) is 12.1. The molecule has 0 spiro atoms. The molecular weight excluding hydrogens is 396 g/mol. The van der Waals surface area contributed by atoms with Gasteiger partial charge in [-0.15, -0.1) is 0 Å². The number of nitrogens with one attached hydrogen (secondary N) is 1. The molecule has 0 bridgehead atoms.